The van der Waals surface area contributed by atoms with Gasteiger partial charge in [-0.2, -0.15) is 0 Å². The molecule has 4 nitrogen and oxygen atoms in total. The van der Waals surface area contributed by atoms with Crippen LogP contribution >= 0.6 is 0 Å². The molecule has 0 bridgehead atoms. The molecule has 282 valence electrons. The van der Waals surface area contributed by atoms with Crippen molar-refractivity contribution in [3.05, 3.63) is 168 Å². The summed E-state index contributed by atoms with van der Waals surface area (Å²) in [4.78, 5) is 0. The maximum atomic E-state index is 11.0. The third kappa shape index (κ3) is 7.09. The summed E-state index contributed by atoms with van der Waals surface area (Å²) in [5.74, 6) is 1.58. The number of fused-ring (bicyclic) bond motifs is 2. The van der Waals surface area contributed by atoms with Crippen molar-refractivity contribution in [2.75, 3.05) is 0 Å². The molecule has 0 heterocycles. The van der Waals surface area contributed by atoms with E-state index in [-0.39, 0.29) is 12.2 Å². The second-order valence-corrected chi connectivity index (χ2v) is 16.1. The normalized spacial score (nSPS) is 21.1. The van der Waals surface area contributed by atoms with Crippen LogP contribution in [-0.2, 0) is 5.41 Å². The summed E-state index contributed by atoms with van der Waals surface area (Å²) in [6.07, 6.45) is 5.92. The number of aliphatic hydroxyl groups is 2. The van der Waals surface area contributed by atoms with E-state index in [4.69, 9.17) is 9.47 Å². The molecule has 0 aromatic heterocycles. The molecular formula is C52H50O4. The minimum Gasteiger partial charge on any atom is -0.487 e. The highest BCUT2D eigenvalue weighted by Gasteiger charge is 2.34. The highest BCUT2D eigenvalue weighted by atomic mass is 16.5. The number of hydrogen-bond acceptors (Lipinski definition) is 4. The summed E-state index contributed by atoms with van der Waals surface area (Å²) >= 11 is 0. The van der Waals surface area contributed by atoms with Crippen LogP contribution < -0.4 is 9.47 Å². The fourth-order valence-electron chi connectivity index (χ4n) is 9.08. The SMILES string of the molecule is CC(c1ccccc1)(c1ccc(OC2CCCCC2O)c(-c2ccc3ccccc3c2)c1)c1ccc(OC2CCCCC2O)c(-c2ccc3ccccc3c2)c1. The van der Waals surface area contributed by atoms with Crippen LogP contribution in [0.5, 0.6) is 11.5 Å². The van der Waals surface area contributed by atoms with Crippen LogP contribution in [-0.4, -0.2) is 34.6 Å². The number of ether oxygens (including phenoxy) is 2. The summed E-state index contributed by atoms with van der Waals surface area (Å²) in [6.45, 7) is 2.32. The van der Waals surface area contributed by atoms with Crippen LogP contribution in [0.3, 0.4) is 0 Å². The van der Waals surface area contributed by atoms with E-state index in [1.165, 1.54) is 27.1 Å². The second-order valence-electron chi connectivity index (χ2n) is 16.1. The van der Waals surface area contributed by atoms with Gasteiger partial charge in [0.05, 0.1) is 12.2 Å². The topological polar surface area (TPSA) is 58.9 Å². The Kier molecular flexibility index (Phi) is 10.1. The second kappa shape index (κ2) is 15.6. The average molecular weight is 739 g/mol. The fourth-order valence-corrected chi connectivity index (χ4v) is 9.08. The van der Waals surface area contributed by atoms with E-state index in [1.54, 1.807) is 0 Å². The number of aliphatic hydroxyl groups excluding tert-OH is 2. The smallest absolute Gasteiger partial charge is 0.127 e. The Balaban J connectivity index is 1.22. The molecule has 4 unspecified atom stereocenters. The monoisotopic (exact) mass is 738 g/mol. The summed E-state index contributed by atoms with van der Waals surface area (Å²) in [5, 5.41) is 26.7. The Morgan fingerprint density at radius 2 is 0.857 bits per heavy atom. The van der Waals surface area contributed by atoms with E-state index in [0.717, 1.165) is 96.2 Å². The van der Waals surface area contributed by atoms with Gasteiger partial charge < -0.3 is 19.7 Å². The number of rotatable bonds is 9. The molecule has 0 spiro atoms. The van der Waals surface area contributed by atoms with E-state index in [0.29, 0.717) is 0 Å². The van der Waals surface area contributed by atoms with E-state index >= 15 is 0 Å². The standard InChI is InChI=1S/C52H50O4/c1-52(41-17-3-2-4-18-41,42-27-29-48(55-50-21-11-9-19-46(50)53)44(33-42)39-25-23-35-13-5-7-15-37(35)31-39)43-28-30-49(56-51-22-12-10-20-47(51)54)45(34-43)40-26-24-36-14-6-8-16-38(36)32-40/h2-8,13-18,23-34,46-47,50-51,53-54H,9-12,19-22H2,1H3. The molecule has 2 saturated carbocycles. The van der Waals surface area contributed by atoms with Gasteiger partial charge >= 0.3 is 0 Å². The minimum atomic E-state index is -0.579. The molecule has 0 saturated heterocycles. The van der Waals surface area contributed by atoms with E-state index in [1.807, 2.05) is 0 Å². The zero-order chi connectivity index (χ0) is 38.1. The lowest BCUT2D eigenvalue weighted by atomic mass is 9.70. The molecule has 2 aliphatic rings. The zero-order valence-corrected chi connectivity index (χ0v) is 32.1. The Bertz CT molecular complexity index is 2320. The third-order valence-corrected chi connectivity index (χ3v) is 12.5. The first kappa shape index (κ1) is 36.2. The molecule has 0 amide bonds. The van der Waals surface area contributed by atoms with Crippen molar-refractivity contribution >= 4 is 21.5 Å². The molecule has 4 atom stereocenters. The van der Waals surface area contributed by atoms with Gasteiger partial charge in [0.1, 0.15) is 23.7 Å². The van der Waals surface area contributed by atoms with Crippen LogP contribution in [0, 0.1) is 0 Å². The van der Waals surface area contributed by atoms with Gasteiger partial charge in [-0.25, -0.2) is 0 Å². The summed E-state index contributed by atoms with van der Waals surface area (Å²) in [5.41, 5.74) is 7.02. The molecule has 56 heavy (non-hydrogen) atoms. The van der Waals surface area contributed by atoms with Crippen LogP contribution in [0.15, 0.2) is 152 Å². The molecule has 2 N–H and O–H groups in total. The van der Waals surface area contributed by atoms with Crippen molar-refractivity contribution in [2.24, 2.45) is 0 Å². The molecule has 2 aliphatic carbocycles. The van der Waals surface area contributed by atoms with Crippen LogP contribution in [0.1, 0.15) is 75.0 Å². The lowest BCUT2D eigenvalue weighted by Crippen LogP contribution is -2.35. The van der Waals surface area contributed by atoms with Gasteiger partial charge in [-0.1, -0.05) is 128 Å². The summed E-state index contributed by atoms with van der Waals surface area (Å²) < 4.78 is 13.5. The first-order valence-corrected chi connectivity index (χ1v) is 20.5. The van der Waals surface area contributed by atoms with Crippen molar-refractivity contribution in [1.82, 2.24) is 0 Å². The summed E-state index contributed by atoms with van der Waals surface area (Å²) in [6, 6.07) is 54.2. The average Bonchev–Trinajstić information content (AvgIpc) is 3.25. The van der Waals surface area contributed by atoms with Gasteiger partial charge in [-0.15, -0.1) is 0 Å². The molecule has 2 fully saturated rings. The van der Waals surface area contributed by atoms with Gasteiger partial charge in [0.25, 0.3) is 0 Å². The maximum Gasteiger partial charge on any atom is 0.127 e. The molecular weight excluding hydrogens is 689 g/mol. The van der Waals surface area contributed by atoms with E-state index < -0.39 is 17.6 Å². The van der Waals surface area contributed by atoms with Crippen molar-refractivity contribution in [2.45, 2.75) is 88.1 Å². The number of hydrogen-bond donors (Lipinski definition) is 2. The predicted molar refractivity (Wildman–Crippen MR) is 229 cm³/mol. The molecule has 7 aromatic carbocycles. The van der Waals surface area contributed by atoms with Gasteiger partial charge in [-0.05, 0) is 131 Å². The van der Waals surface area contributed by atoms with Gasteiger partial charge in [0, 0.05) is 16.5 Å². The maximum absolute atomic E-state index is 11.0. The van der Waals surface area contributed by atoms with E-state index in [2.05, 4.69) is 159 Å². The van der Waals surface area contributed by atoms with Crippen LogP contribution in [0.4, 0.5) is 0 Å². The highest BCUT2D eigenvalue weighted by Crippen LogP contribution is 2.46. The number of benzene rings is 7. The van der Waals surface area contributed by atoms with Crippen molar-refractivity contribution < 1.29 is 19.7 Å². The first-order valence-electron chi connectivity index (χ1n) is 20.5. The van der Waals surface area contributed by atoms with Gasteiger partial charge in [0.2, 0.25) is 0 Å². The molecule has 9 rings (SSSR count). The Morgan fingerprint density at radius 1 is 0.429 bits per heavy atom. The molecule has 4 heteroatoms. The Labute approximate surface area is 330 Å². The first-order chi connectivity index (χ1) is 27.4. The van der Waals surface area contributed by atoms with E-state index in [9.17, 15) is 10.2 Å². The van der Waals surface area contributed by atoms with Gasteiger partial charge in [-0.3, -0.25) is 0 Å². The summed E-state index contributed by atoms with van der Waals surface area (Å²) in [7, 11) is 0. The van der Waals surface area contributed by atoms with Crippen molar-refractivity contribution in [3.63, 3.8) is 0 Å². The van der Waals surface area contributed by atoms with Crippen molar-refractivity contribution in [3.8, 4) is 33.8 Å². The van der Waals surface area contributed by atoms with Crippen LogP contribution in [0.2, 0.25) is 0 Å². The molecule has 0 radical (unpaired) electrons. The lowest BCUT2D eigenvalue weighted by Gasteiger charge is -2.34. The highest BCUT2D eigenvalue weighted by molar-refractivity contribution is 5.90. The minimum absolute atomic E-state index is 0.242. The fraction of sp³-hybridized carbons (Fsp3) is 0.269. The Morgan fingerprint density at radius 3 is 1.32 bits per heavy atom. The largest absolute Gasteiger partial charge is 0.487 e. The molecule has 7 aromatic rings. The molecule has 0 aliphatic heterocycles. The Hall–Kier alpha value is -5.42. The van der Waals surface area contributed by atoms with Gasteiger partial charge in [0.15, 0.2) is 0 Å². The lowest BCUT2D eigenvalue weighted by molar-refractivity contribution is 0.00717. The zero-order valence-electron chi connectivity index (χ0n) is 32.1. The predicted octanol–water partition coefficient (Wildman–Crippen LogP) is 12.0. The third-order valence-electron chi connectivity index (χ3n) is 12.5. The van der Waals surface area contributed by atoms with Crippen LogP contribution in [0.25, 0.3) is 43.8 Å². The quantitative estimate of drug-likeness (QED) is 0.145. The van der Waals surface area contributed by atoms with Crippen molar-refractivity contribution in [1.29, 1.82) is 0 Å².